The lowest BCUT2D eigenvalue weighted by Crippen LogP contribution is -2.37. The summed E-state index contributed by atoms with van der Waals surface area (Å²) in [6.45, 7) is 5.19. The van der Waals surface area contributed by atoms with Crippen LogP contribution in [0.15, 0.2) is 42.5 Å². The number of rotatable bonds is 8. The molecule has 0 atom stereocenters. The third kappa shape index (κ3) is 5.21. The van der Waals surface area contributed by atoms with Crippen molar-refractivity contribution in [3.63, 3.8) is 0 Å². The summed E-state index contributed by atoms with van der Waals surface area (Å²) in [5.74, 6) is 2.06. The molecular formula is C24H27ClN2O4. The first kappa shape index (κ1) is 21.7. The number of fused-ring (bicyclic) bond motifs is 1. The zero-order valence-electron chi connectivity index (χ0n) is 17.9. The lowest BCUT2D eigenvalue weighted by molar-refractivity contribution is 0.0358. The molecule has 0 aliphatic carbocycles. The standard InChI is InChI=1S/C24H27ClN2O4/c1-28-23-14-19-21(16-24(23)29-2)26-20(17-4-6-18(25)7-5-17)15-22(19)31-11-3-8-27-9-12-30-13-10-27/h4-7,14-16H,3,8-13H2,1-2H3. The first-order valence-electron chi connectivity index (χ1n) is 10.4. The molecule has 1 aliphatic rings. The number of hydrogen-bond donors (Lipinski definition) is 0. The van der Waals surface area contributed by atoms with Gasteiger partial charge < -0.3 is 18.9 Å². The normalized spacial score (nSPS) is 14.5. The largest absolute Gasteiger partial charge is 0.493 e. The maximum Gasteiger partial charge on any atom is 0.162 e. The molecule has 31 heavy (non-hydrogen) atoms. The third-order valence-electron chi connectivity index (χ3n) is 5.40. The molecule has 0 radical (unpaired) electrons. The topological polar surface area (TPSA) is 53.1 Å². The highest BCUT2D eigenvalue weighted by molar-refractivity contribution is 6.30. The first-order valence-corrected chi connectivity index (χ1v) is 10.8. The Morgan fingerprint density at radius 3 is 2.39 bits per heavy atom. The second-order valence-corrected chi connectivity index (χ2v) is 7.83. The average Bonchev–Trinajstić information content (AvgIpc) is 2.81. The number of pyridine rings is 1. The van der Waals surface area contributed by atoms with Crippen molar-refractivity contribution < 1.29 is 18.9 Å². The Labute approximate surface area is 187 Å². The number of halogens is 1. The Morgan fingerprint density at radius 1 is 0.968 bits per heavy atom. The summed E-state index contributed by atoms with van der Waals surface area (Å²) in [7, 11) is 3.25. The Kier molecular flexibility index (Phi) is 7.12. The van der Waals surface area contributed by atoms with Crippen molar-refractivity contribution in [1.29, 1.82) is 0 Å². The van der Waals surface area contributed by atoms with E-state index < -0.39 is 0 Å². The molecule has 1 aliphatic heterocycles. The van der Waals surface area contributed by atoms with E-state index in [1.807, 2.05) is 42.5 Å². The van der Waals surface area contributed by atoms with Crippen LogP contribution in [0, 0.1) is 0 Å². The highest BCUT2D eigenvalue weighted by Gasteiger charge is 2.15. The van der Waals surface area contributed by atoms with Gasteiger partial charge >= 0.3 is 0 Å². The molecule has 0 saturated carbocycles. The predicted molar refractivity (Wildman–Crippen MR) is 123 cm³/mol. The van der Waals surface area contributed by atoms with Gasteiger partial charge in [-0.05, 0) is 24.6 Å². The zero-order chi connectivity index (χ0) is 21.6. The van der Waals surface area contributed by atoms with Gasteiger partial charge in [0.2, 0.25) is 0 Å². The highest BCUT2D eigenvalue weighted by Crippen LogP contribution is 2.37. The second kappa shape index (κ2) is 10.2. The van der Waals surface area contributed by atoms with E-state index in [0.29, 0.717) is 23.1 Å². The van der Waals surface area contributed by atoms with Gasteiger partial charge in [0.15, 0.2) is 11.5 Å². The average molecular weight is 443 g/mol. The lowest BCUT2D eigenvalue weighted by Gasteiger charge is -2.26. The highest BCUT2D eigenvalue weighted by atomic mass is 35.5. The third-order valence-corrected chi connectivity index (χ3v) is 5.65. The van der Waals surface area contributed by atoms with Crippen LogP contribution in [-0.4, -0.2) is 63.6 Å². The molecule has 3 aromatic rings. The molecule has 0 unspecified atom stereocenters. The van der Waals surface area contributed by atoms with Crippen molar-refractivity contribution in [3.05, 3.63) is 47.5 Å². The summed E-state index contributed by atoms with van der Waals surface area (Å²) in [6.07, 6.45) is 0.938. The van der Waals surface area contributed by atoms with E-state index in [0.717, 1.165) is 67.2 Å². The molecule has 0 amide bonds. The Hall–Kier alpha value is -2.54. The van der Waals surface area contributed by atoms with Gasteiger partial charge in [-0.15, -0.1) is 0 Å². The van der Waals surface area contributed by atoms with Crippen LogP contribution in [0.2, 0.25) is 5.02 Å². The predicted octanol–water partition coefficient (Wildman–Crippen LogP) is 4.67. The summed E-state index contributed by atoms with van der Waals surface area (Å²) >= 11 is 6.06. The van der Waals surface area contributed by atoms with Crippen LogP contribution in [0.4, 0.5) is 0 Å². The number of methoxy groups -OCH3 is 2. The molecule has 1 aromatic heterocycles. The molecular weight excluding hydrogens is 416 g/mol. The molecule has 0 bridgehead atoms. The quantitative estimate of drug-likeness (QED) is 0.472. The number of aromatic nitrogens is 1. The van der Waals surface area contributed by atoms with Crippen LogP contribution < -0.4 is 14.2 Å². The Bertz CT molecular complexity index is 1020. The molecule has 0 spiro atoms. The monoisotopic (exact) mass is 442 g/mol. The van der Waals surface area contributed by atoms with Crippen molar-refractivity contribution in [1.82, 2.24) is 9.88 Å². The minimum atomic E-state index is 0.616. The van der Waals surface area contributed by atoms with Gasteiger partial charge in [0, 0.05) is 47.7 Å². The van der Waals surface area contributed by atoms with E-state index in [2.05, 4.69) is 4.90 Å². The minimum Gasteiger partial charge on any atom is -0.493 e. The molecule has 164 valence electrons. The molecule has 2 heterocycles. The minimum absolute atomic E-state index is 0.616. The molecule has 7 heteroatoms. The van der Waals surface area contributed by atoms with E-state index in [4.69, 9.17) is 35.5 Å². The fourth-order valence-corrected chi connectivity index (χ4v) is 3.83. The van der Waals surface area contributed by atoms with Gasteiger partial charge in [-0.2, -0.15) is 0 Å². The van der Waals surface area contributed by atoms with Crippen molar-refractivity contribution in [2.45, 2.75) is 6.42 Å². The van der Waals surface area contributed by atoms with Gasteiger partial charge in [-0.25, -0.2) is 4.98 Å². The molecule has 1 saturated heterocycles. The molecule has 6 nitrogen and oxygen atoms in total. The number of hydrogen-bond acceptors (Lipinski definition) is 6. The second-order valence-electron chi connectivity index (χ2n) is 7.39. The van der Waals surface area contributed by atoms with E-state index in [1.54, 1.807) is 14.2 Å². The Balaban J connectivity index is 1.62. The fraction of sp³-hybridized carbons (Fsp3) is 0.375. The summed E-state index contributed by atoms with van der Waals surface area (Å²) in [5, 5.41) is 1.58. The van der Waals surface area contributed by atoms with E-state index in [9.17, 15) is 0 Å². The summed E-state index contributed by atoms with van der Waals surface area (Å²) in [4.78, 5) is 7.25. The van der Waals surface area contributed by atoms with Crippen LogP contribution in [0.5, 0.6) is 17.2 Å². The van der Waals surface area contributed by atoms with Gasteiger partial charge in [0.05, 0.1) is 45.3 Å². The summed E-state index contributed by atoms with van der Waals surface area (Å²) < 4.78 is 22.6. The summed E-state index contributed by atoms with van der Waals surface area (Å²) in [6, 6.07) is 13.4. The molecule has 0 N–H and O–H groups in total. The number of morpholine rings is 1. The molecule has 1 fully saturated rings. The number of nitrogens with zero attached hydrogens (tertiary/aromatic N) is 2. The van der Waals surface area contributed by atoms with Crippen LogP contribution in [0.25, 0.3) is 22.2 Å². The SMILES string of the molecule is COc1cc2nc(-c3ccc(Cl)cc3)cc(OCCCN3CCOCC3)c2cc1OC. The number of benzene rings is 2. The molecule has 4 rings (SSSR count). The van der Waals surface area contributed by atoms with Crippen molar-refractivity contribution in [2.75, 3.05) is 53.7 Å². The first-order chi connectivity index (χ1) is 15.2. The molecule has 2 aromatic carbocycles. The van der Waals surface area contributed by atoms with E-state index in [1.165, 1.54) is 0 Å². The van der Waals surface area contributed by atoms with Crippen LogP contribution in [0.1, 0.15) is 6.42 Å². The number of ether oxygens (including phenoxy) is 4. The van der Waals surface area contributed by atoms with Crippen LogP contribution in [-0.2, 0) is 4.74 Å². The maximum atomic E-state index is 6.25. The van der Waals surface area contributed by atoms with Gasteiger partial charge in [-0.1, -0.05) is 23.7 Å². The Morgan fingerprint density at radius 2 is 1.68 bits per heavy atom. The van der Waals surface area contributed by atoms with Crippen LogP contribution >= 0.6 is 11.6 Å². The van der Waals surface area contributed by atoms with Crippen molar-refractivity contribution in [2.24, 2.45) is 0 Å². The van der Waals surface area contributed by atoms with Gasteiger partial charge in [-0.3, -0.25) is 4.90 Å². The smallest absolute Gasteiger partial charge is 0.162 e. The fourth-order valence-electron chi connectivity index (χ4n) is 3.71. The van der Waals surface area contributed by atoms with E-state index in [-0.39, 0.29) is 0 Å². The maximum absolute atomic E-state index is 6.25. The lowest BCUT2D eigenvalue weighted by atomic mass is 10.1. The van der Waals surface area contributed by atoms with Gasteiger partial charge in [0.25, 0.3) is 0 Å². The summed E-state index contributed by atoms with van der Waals surface area (Å²) in [5.41, 5.74) is 2.58. The van der Waals surface area contributed by atoms with Gasteiger partial charge in [0.1, 0.15) is 5.75 Å². The van der Waals surface area contributed by atoms with Crippen molar-refractivity contribution >= 4 is 22.5 Å². The van der Waals surface area contributed by atoms with E-state index >= 15 is 0 Å². The van der Waals surface area contributed by atoms with Crippen LogP contribution in [0.3, 0.4) is 0 Å². The van der Waals surface area contributed by atoms with Crippen molar-refractivity contribution in [3.8, 4) is 28.5 Å². The zero-order valence-corrected chi connectivity index (χ0v) is 18.7.